The van der Waals surface area contributed by atoms with Crippen LogP contribution in [-0.2, 0) is 17.8 Å². The molecule has 26 heavy (non-hydrogen) atoms. The molecule has 0 spiro atoms. The molecule has 136 valence electrons. The lowest BCUT2D eigenvalue weighted by Crippen LogP contribution is -2.23. The normalized spacial score (nSPS) is 13.2. The number of carbonyl (C=O) groups is 2. The molecule has 2 aromatic carbocycles. The summed E-state index contributed by atoms with van der Waals surface area (Å²) in [7, 11) is 0. The molecule has 0 saturated heterocycles. The Labute approximate surface area is 153 Å². The molecule has 0 radical (unpaired) electrons. The van der Waals surface area contributed by atoms with Crippen LogP contribution < -0.4 is 10.1 Å². The first-order valence-electron chi connectivity index (χ1n) is 8.92. The summed E-state index contributed by atoms with van der Waals surface area (Å²) < 4.78 is 5.85. The van der Waals surface area contributed by atoms with Gasteiger partial charge < -0.3 is 15.2 Å². The van der Waals surface area contributed by atoms with E-state index in [9.17, 15) is 14.7 Å². The highest BCUT2D eigenvalue weighted by Gasteiger charge is 2.22. The molecule has 0 atom stereocenters. The van der Waals surface area contributed by atoms with Gasteiger partial charge in [-0.15, -0.1) is 0 Å². The maximum Gasteiger partial charge on any atom is 0.335 e. The number of benzene rings is 2. The molecular weight excluding hydrogens is 330 g/mol. The molecule has 1 aliphatic carbocycles. The van der Waals surface area contributed by atoms with Crippen molar-refractivity contribution in [3.05, 3.63) is 65.2 Å². The van der Waals surface area contributed by atoms with Crippen molar-refractivity contribution in [1.82, 2.24) is 5.32 Å². The number of aromatic carboxylic acids is 1. The minimum Gasteiger partial charge on any atom is -0.493 e. The van der Waals surface area contributed by atoms with Crippen LogP contribution in [0.1, 0.15) is 40.7 Å². The van der Waals surface area contributed by atoms with Crippen molar-refractivity contribution < 1.29 is 19.4 Å². The zero-order chi connectivity index (χ0) is 18.4. The quantitative estimate of drug-likeness (QED) is 0.724. The summed E-state index contributed by atoms with van der Waals surface area (Å²) in [5.41, 5.74) is 1.87. The Morgan fingerprint density at radius 2 is 1.73 bits per heavy atom. The molecule has 0 aliphatic heterocycles. The lowest BCUT2D eigenvalue weighted by Gasteiger charge is -2.12. The molecule has 3 rings (SSSR count). The van der Waals surface area contributed by atoms with E-state index in [1.807, 2.05) is 24.3 Å². The molecular formula is C21H23NO4. The van der Waals surface area contributed by atoms with Gasteiger partial charge in [-0.25, -0.2) is 4.79 Å². The van der Waals surface area contributed by atoms with E-state index in [1.165, 1.54) is 12.8 Å². The number of carbonyl (C=O) groups excluding carboxylic acids is 1. The Kier molecular flexibility index (Phi) is 5.89. The topological polar surface area (TPSA) is 75.6 Å². The second-order valence-corrected chi connectivity index (χ2v) is 6.60. The van der Waals surface area contributed by atoms with E-state index >= 15 is 0 Å². The standard InChI is InChI=1S/C21H23NO4/c23-20(12-11-16-5-1-3-7-18(16)21(24)25)22-13-17-6-2-4-8-19(17)26-14-15-9-10-15/h1-8,15H,9-14H2,(H,22,23)(H,24,25). The number of hydrogen-bond donors (Lipinski definition) is 2. The number of hydrogen-bond acceptors (Lipinski definition) is 3. The minimum atomic E-state index is -0.970. The van der Waals surface area contributed by atoms with Gasteiger partial charge in [0, 0.05) is 18.5 Å². The Balaban J connectivity index is 1.51. The Morgan fingerprint density at radius 3 is 2.46 bits per heavy atom. The van der Waals surface area contributed by atoms with E-state index in [2.05, 4.69) is 5.32 Å². The van der Waals surface area contributed by atoms with Gasteiger partial charge in [0.15, 0.2) is 0 Å². The van der Waals surface area contributed by atoms with E-state index in [0.29, 0.717) is 24.4 Å². The fourth-order valence-corrected chi connectivity index (χ4v) is 2.76. The first-order valence-corrected chi connectivity index (χ1v) is 8.92. The molecule has 1 fully saturated rings. The smallest absolute Gasteiger partial charge is 0.335 e. The van der Waals surface area contributed by atoms with Gasteiger partial charge in [0.1, 0.15) is 5.75 Å². The number of amides is 1. The molecule has 1 saturated carbocycles. The van der Waals surface area contributed by atoms with Gasteiger partial charge in [-0.3, -0.25) is 4.79 Å². The van der Waals surface area contributed by atoms with Crippen molar-refractivity contribution in [3.8, 4) is 5.75 Å². The molecule has 5 nitrogen and oxygen atoms in total. The van der Waals surface area contributed by atoms with Crippen LogP contribution in [0.25, 0.3) is 0 Å². The molecule has 0 aromatic heterocycles. The summed E-state index contributed by atoms with van der Waals surface area (Å²) >= 11 is 0. The van der Waals surface area contributed by atoms with Crippen LogP contribution in [0, 0.1) is 5.92 Å². The van der Waals surface area contributed by atoms with Crippen LogP contribution in [0.4, 0.5) is 0 Å². The number of para-hydroxylation sites is 1. The monoisotopic (exact) mass is 353 g/mol. The molecule has 1 amide bonds. The van der Waals surface area contributed by atoms with E-state index in [4.69, 9.17) is 4.74 Å². The van der Waals surface area contributed by atoms with E-state index in [-0.39, 0.29) is 17.9 Å². The zero-order valence-electron chi connectivity index (χ0n) is 14.6. The molecule has 0 unspecified atom stereocenters. The van der Waals surface area contributed by atoms with Crippen molar-refractivity contribution >= 4 is 11.9 Å². The predicted octanol–water partition coefficient (Wildman–Crippen LogP) is 3.42. The summed E-state index contributed by atoms with van der Waals surface area (Å²) in [5, 5.41) is 12.1. The van der Waals surface area contributed by atoms with Crippen LogP contribution in [-0.4, -0.2) is 23.6 Å². The van der Waals surface area contributed by atoms with Gasteiger partial charge in [-0.2, -0.15) is 0 Å². The summed E-state index contributed by atoms with van der Waals surface area (Å²) in [6, 6.07) is 14.5. The number of aryl methyl sites for hydroxylation is 1. The minimum absolute atomic E-state index is 0.109. The van der Waals surface area contributed by atoms with E-state index < -0.39 is 5.97 Å². The summed E-state index contributed by atoms with van der Waals surface area (Å²) in [5.74, 6) is 0.410. The molecule has 2 aromatic rings. The van der Waals surface area contributed by atoms with Gasteiger partial charge >= 0.3 is 5.97 Å². The third-order valence-electron chi connectivity index (χ3n) is 4.49. The highest BCUT2D eigenvalue weighted by atomic mass is 16.5. The first kappa shape index (κ1) is 18.0. The van der Waals surface area contributed by atoms with Crippen LogP contribution in [0.3, 0.4) is 0 Å². The number of nitrogens with one attached hydrogen (secondary N) is 1. The second-order valence-electron chi connectivity index (χ2n) is 6.60. The van der Waals surface area contributed by atoms with Gasteiger partial charge in [0.25, 0.3) is 0 Å². The first-order chi connectivity index (χ1) is 12.6. The van der Waals surface area contributed by atoms with Gasteiger partial charge in [-0.1, -0.05) is 36.4 Å². The van der Waals surface area contributed by atoms with E-state index in [1.54, 1.807) is 24.3 Å². The lowest BCUT2D eigenvalue weighted by atomic mass is 10.0. The van der Waals surface area contributed by atoms with Crippen LogP contribution in [0.2, 0.25) is 0 Å². The summed E-state index contributed by atoms with van der Waals surface area (Å²) in [6.07, 6.45) is 3.11. The van der Waals surface area contributed by atoms with Crippen LogP contribution in [0.15, 0.2) is 48.5 Å². The molecule has 2 N–H and O–H groups in total. The van der Waals surface area contributed by atoms with Gasteiger partial charge in [0.2, 0.25) is 5.91 Å². The van der Waals surface area contributed by atoms with Crippen molar-refractivity contribution in [2.24, 2.45) is 5.92 Å². The molecule has 5 heteroatoms. The van der Waals surface area contributed by atoms with Crippen molar-refractivity contribution in [2.45, 2.75) is 32.2 Å². The average Bonchev–Trinajstić information content (AvgIpc) is 3.48. The molecule has 1 aliphatic rings. The number of carboxylic acid groups (broad SMARTS) is 1. The van der Waals surface area contributed by atoms with Crippen LogP contribution >= 0.6 is 0 Å². The second kappa shape index (κ2) is 8.52. The molecule has 0 bridgehead atoms. The van der Waals surface area contributed by atoms with E-state index in [0.717, 1.165) is 17.9 Å². The lowest BCUT2D eigenvalue weighted by molar-refractivity contribution is -0.121. The van der Waals surface area contributed by atoms with Gasteiger partial charge in [-0.05, 0) is 42.9 Å². The largest absolute Gasteiger partial charge is 0.493 e. The highest BCUT2D eigenvalue weighted by molar-refractivity contribution is 5.89. The summed E-state index contributed by atoms with van der Waals surface area (Å²) in [6.45, 7) is 1.14. The molecule has 0 heterocycles. The fraction of sp³-hybridized carbons (Fsp3) is 0.333. The third-order valence-corrected chi connectivity index (χ3v) is 4.49. The SMILES string of the molecule is O=C(CCc1ccccc1C(=O)O)NCc1ccccc1OCC1CC1. The van der Waals surface area contributed by atoms with Crippen molar-refractivity contribution in [2.75, 3.05) is 6.61 Å². The Hall–Kier alpha value is -2.82. The third kappa shape index (κ3) is 5.09. The highest BCUT2D eigenvalue weighted by Crippen LogP contribution is 2.30. The maximum atomic E-state index is 12.2. The average molecular weight is 353 g/mol. The number of ether oxygens (including phenoxy) is 1. The predicted molar refractivity (Wildman–Crippen MR) is 98.2 cm³/mol. The van der Waals surface area contributed by atoms with Crippen LogP contribution in [0.5, 0.6) is 5.75 Å². The maximum absolute atomic E-state index is 12.2. The number of carboxylic acids is 1. The Bertz CT molecular complexity index is 783. The zero-order valence-corrected chi connectivity index (χ0v) is 14.6. The number of rotatable bonds is 9. The van der Waals surface area contributed by atoms with Crippen molar-refractivity contribution in [1.29, 1.82) is 0 Å². The van der Waals surface area contributed by atoms with Crippen molar-refractivity contribution in [3.63, 3.8) is 0 Å². The Morgan fingerprint density at radius 1 is 1.04 bits per heavy atom. The fourth-order valence-electron chi connectivity index (χ4n) is 2.76. The summed E-state index contributed by atoms with van der Waals surface area (Å²) in [4.78, 5) is 23.4. The van der Waals surface area contributed by atoms with Gasteiger partial charge in [0.05, 0.1) is 12.2 Å².